The number of anilines is 1. The summed E-state index contributed by atoms with van der Waals surface area (Å²) in [6.45, 7) is 10.2. The lowest BCUT2D eigenvalue weighted by molar-refractivity contribution is -0.141. The Morgan fingerprint density at radius 3 is 2.46 bits per heavy atom. The first-order valence-corrected chi connectivity index (χ1v) is 28.6. The second-order valence-electron chi connectivity index (χ2n) is 22.8. The minimum absolute atomic E-state index is 0.00877. The number of aryl methyl sites for hydroxylation is 1. The van der Waals surface area contributed by atoms with Crippen molar-refractivity contribution in [1.82, 2.24) is 51.0 Å². The van der Waals surface area contributed by atoms with E-state index in [2.05, 4.69) is 47.1 Å². The van der Waals surface area contributed by atoms with Crippen LogP contribution in [0.15, 0.2) is 66.4 Å². The minimum Gasteiger partial charge on any atom is -0.486 e. The highest BCUT2D eigenvalue weighted by molar-refractivity contribution is 7.13. The third kappa shape index (κ3) is 9.73. The van der Waals surface area contributed by atoms with Crippen LogP contribution in [0.4, 0.5) is 10.2 Å². The quantitative estimate of drug-likeness (QED) is 0.0632. The molecule has 2 saturated carbocycles. The number of pyridine rings is 1. The molecule has 3 amide bonds. The van der Waals surface area contributed by atoms with E-state index >= 15 is 4.39 Å². The van der Waals surface area contributed by atoms with Gasteiger partial charge < -0.3 is 45.1 Å². The number of ether oxygens (including phenoxy) is 3. The number of benzene rings is 3. The number of piperazine rings is 1. The number of carbonyl (C=O) groups is 3. The van der Waals surface area contributed by atoms with Gasteiger partial charge in [0.1, 0.15) is 47.6 Å². The molecular weight excluding hydrogens is 1030 g/mol. The molecule has 7 aromatic rings. The SMILES string of the molecule is Cc1ncsc1-c1ccc(C2(NC(=O)[C@@H]3C[C@@H](O)CN3C(=O)[C@@H](NC(=O)c3ccc(COc4c(-c5c(C)c(F)cc6[nH]ncc56)c(C5CC5)cc5c(N6C[C@@H]7C[C@H]6CN7)nc(OC6CCOCC6)nc45)cn3)C(C)C)CC2)cc1. The van der Waals surface area contributed by atoms with Gasteiger partial charge >= 0.3 is 6.01 Å². The van der Waals surface area contributed by atoms with E-state index in [1.165, 1.54) is 11.0 Å². The van der Waals surface area contributed by atoms with E-state index in [0.29, 0.717) is 65.6 Å². The largest absolute Gasteiger partial charge is 0.486 e. The van der Waals surface area contributed by atoms with Crippen LogP contribution in [0.25, 0.3) is 43.4 Å². The molecule has 18 nitrogen and oxygen atoms in total. The summed E-state index contributed by atoms with van der Waals surface area (Å²) in [4.78, 5) is 66.9. The summed E-state index contributed by atoms with van der Waals surface area (Å²) in [6, 6.07) is 14.1. The number of H-pyrrole nitrogens is 1. The zero-order chi connectivity index (χ0) is 54.3. The summed E-state index contributed by atoms with van der Waals surface area (Å²) < 4.78 is 35.5. The van der Waals surface area contributed by atoms with E-state index in [4.69, 9.17) is 24.2 Å². The van der Waals surface area contributed by atoms with Gasteiger partial charge in [-0.3, -0.25) is 24.5 Å². The van der Waals surface area contributed by atoms with E-state index in [9.17, 15) is 19.5 Å². The topological polar surface area (TPSA) is 222 Å². The van der Waals surface area contributed by atoms with E-state index in [0.717, 1.165) is 94.6 Å². The Balaban J connectivity index is 0.773. The van der Waals surface area contributed by atoms with Gasteiger partial charge in [-0.05, 0) is 98.2 Å². The van der Waals surface area contributed by atoms with Gasteiger partial charge in [-0.15, -0.1) is 11.3 Å². The molecule has 2 bridgehead atoms. The van der Waals surface area contributed by atoms with Gasteiger partial charge in [-0.2, -0.15) is 15.1 Å². The smallest absolute Gasteiger partial charge is 0.319 e. The first kappa shape index (κ1) is 51.3. The van der Waals surface area contributed by atoms with Gasteiger partial charge in [0.15, 0.2) is 5.75 Å². The number of halogens is 1. The third-order valence-electron chi connectivity index (χ3n) is 17.0. The van der Waals surface area contributed by atoms with Gasteiger partial charge in [0.2, 0.25) is 11.8 Å². The van der Waals surface area contributed by atoms with Crippen molar-refractivity contribution >= 4 is 56.7 Å². The Morgan fingerprint density at radius 1 is 0.962 bits per heavy atom. The van der Waals surface area contributed by atoms with E-state index in [1.54, 1.807) is 42.8 Å². The monoisotopic (exact) mass is 1090 g/mol. The number of aromatic nitrogens is 6. The molecular formula is C59H64FN11O7S. The van der Waals surface area contributed by atoms with Crippen molar-refractivity contribution in [3.8, 4) is 33.3 Å². The summed E-state index contributed by atoms with van der Waals surface area (Å²) in [5, 5.41) is 29.6. The number of aromatic amines is 1. The molecule has 5 atom stereocenters. The molecule has 13 rings (SSSR count). The zero-order valence-corrected chi connectivity index (χ0v) is 45.5. The van der Waals surface area contributed by atoms with Crippen LogP contribution in [0.2, 0.25) is 0 Å². The maximum absolute atomic E-state index is 16.1. The normalized spacial score (nSPS) is 22.0. The summed E-state index contributed by atoms with van der Waals surface area (Å²) in [5.74, 6) is -0.685. The average molecular weight is 1090 g/mol. The fourth-order valence-electron chi connectivity index (χ4n) is 12.3. The van der Waals surface area contributed by atoms with Gasteiger partial charge in [-0.25, -0.2) is 9.37 Å². The fraction of sp³-hybridized carbons (Fsp3) is 0.458. The molecule has 0 unspecified atom stereocenters. The molecule has 6 fully saturated rings. The number of carbonyl (C=O) groups excluding carboxylic acids is 3. The fourth-order valence-corrected chi connectivity index (χ4v) is 13.1. The Kier molecular flexibility index (Phi) is 13.3. The number of fused-ring (bicyclic) bond motifs is 4. The van der Waals surface area contributed by atoms with Crippen molar-refractivity contribution in [2.75, 3.05) is 37.7 Å². The number of hydrogen-bond donors (Lipinski definition) is 5. The van der Waals surface area contributed by atoms with Crippen molar-refractivity contribution in [1.29, 1.82) is 0 Å². The van der Waals surface area contributed by atoms with E-state index in [-0.39, 0.29) is 67.0 Å². The van der Waals surface area contributed by atoms with Gasteiger partial charge in [0.05, 0.1) is 52.7 Å². The summed E-state index contributed by atoms with van der Waals surface area (Å²) in [5.41, 5.74) is 8.98. The highest BCUT2D eigenvalue weighted by Gasteiger charge is 2.50. The number of aliphatic hydroxyl groups excluding tert-OH is 1. The summed E-state index contributed by atoms with van der Waals surface area (Å²) >= 11 is 1.58. The lowest BCUT2D eigenvalue weighted by Crippen LogP contribution is -2.56. The van der Waals surface area contributed by atoms with Crippen LogP contribution < -0.4 is 30.3 Å². The molecule has 410 valence electrons. The standard InChI is InChI=1S/C59H64FN11O7S/c1-30(2)50(57(75)71-27-39(72)20-47(71)56(74)68-59(15-16-59)36-10-8-35(9-11-36)53-32(4)63-29-79-53)65-55(73)45-12-5-33(23-62-45)28-77-52-49(48-31(3)44(60)22-46-43(48)25-64-69-46)41(34-6-7-34)21-42-51(52)66-58(78-40-13-17-76-18-14-40)67-54(42)70-26-37-19-38(70)24-61-37/h5,8-12,21-23,25,29-30,34,37-40,47,50,61,72H,6-7,13-20,24,26-28H2,1-4H3,(H,64,69)(H,65,73)(H,68,74)/t37-,38-,39+,47-,50-/m0/s1. The van der Waals surface area contributed by atoms with E-state index in [1.807, 2.05) is 50.5 Å². The predicted molar refractivity (Wildman–Crippen MR) is 295 cm³/mol. The van der Waals surface area contributed by atoms with Gasteiger partial charge in [-0.1, -0.05) is 44.2 Å². The van der Waals surface area contributed by atoms with Crippen LogP contribution in [0.3, 0.4) is 0 Å². The van der Waals surface area contributed by atoms with Crippen LogP contribution in [0.1, 0.15) is 110 Å². The molecule has 5 N–H and O–H groups in total. The molecule has 0 radical (unpaired) electrons. The predicted octanol–water partition coefficient (Wildman–Crippen LogP) is 7.53. The van der Waals surface area contributed by atoms with Crippen molar-refractivity contribution in [2.24, 2.45) is 5.92 Å². The maximum atomic E-state index is 16.1. The molecule has 3 aromatic carbocycles. The first-order chi connectivity index (χ1) is 38.3. The van der Waals surface area contributed by atoms with Gasteiger partial charge in [0, 0.05) is 84.6 Å². The lowest BCUT2D eigenvalue weighted by Gasteiger charge is -2.31. The lowest BCUT2D eigenvalue weighted by atomic mass is 9.88. The molecule has 2 aliphatic carbocycles. The highest BCUT2D eigenvalue weighted by Crippen LogP contribution is 2.54. The molecule has 4 saturated heterocycles. The minimum atomic E-state index is -1.02. The van der Waals surface area contributed by atoms with Crippen molar-refractivity contribution < 1.29 is 38.1 Å². The molecule has 20 heteroatoms. The maximum Gasteiger partial charge on any atom is 0.319 e. The number of thiazole rings is 1. The second-order valence-corrected chi connectivity index (χ2v) is 23.6. The van der Waals surface area contributed by atoms with Crippen molar-refractivity contribution in [3.05, 3.63) is 106 Å². The molecule has 4 aromatic heterocycles. The summed E-state index contributed by atoms with van der Waals surface area (Å²) in [7, 11) is 0. The number of β-amino-alcohol motifs (C(OH)–C–C–N with tert-alkyl or cyclic N) is 1. The number of rotatable bonds is 16. The van der Waals surface area contributed by atoms with Crippen molar-refractivity contribution in [2.45, 2.75) is 134 Å². The molecule has 4 aliphatic heterocycles. The van der Waals surface area contributed by atoms with Crippen LogP contribution in [-0.2, 0) is 26.5 Å². The molecule has 79 heavy (non-hydrogen) atoms. The van der Waals surface area contributed by atoms with E-state index < -0.39 is 35.5 Å². The van der Waals surface area contributed by atoms with Crippen LogP contribution >= 0.6 is 11.3 Å². The number of hydrogen-bond acceptors (Lipinski definition) is 15. The Labute approximate surface area is 460 Å². The molecule has 8 heterocycles. The zero-order valence-electron chi connectivity index (χ0n) is 44.7. The number of nitrogens with zero attached hydrogens (tertiary/aromatic N) is 7. The average Bonchev–Trinajstić information content (AvgIpc) is 4.31. The highest BCUT2D eigenvalue weighted by atomic mass is 32.1. The number of nitrogens with one attached hydrogen (secondary N) is 4. The molecule has 0 spiro atoms. The van der Waals surface area contributed by atoms with Gasteiger partial charge in [0.25, 0.3) is 5.91 Å². The van der Waals surface area contributed by atoms with Crippen LogP contribution in [-0.4, -0.2) is 127 Å². The van der Waals surface area contributed by atoms with Crippen LogP contribution in [0.5, 0.6) is 11.8 Å². The number of amides is 3. The Morgan fingerprint density at radius 2 is 1.77 bits per heavy atom. The number of likely N-dealkylation sites (tertiary alicyclic amines) is 1. The number of aliphatic hydroxyl groups is 1. The molecule has 6 aliphatic rings. The Bertz CT molecular complexity index is 3500. The second kappa shape index (κ2) is 20.5. The Hall–Kier alpha value is -7.13. The van der Waals surface area contributed by atoms with Crippen molar-refractivity contribution in [3.63, 3.8) is 0 Å². The third-order valence-corrected chi connectivity index (χ3v) is 18.0. The van der Waals surface area contributed by atoms with Crippen LogP contribution in [0, 0.1) is 25.6 Å². The summed E-state index contributed by atoms with van der Waals surface area (Å²) in [6.07, 6.45) is 8.16. The first-order valence-electron chi connectivity index (χ1n) is 27.7.